The lowest BCUT2D eigenvalue weighted by molar-refractivity contribution is -0.120. The van der Waals surface area contributed by atoms with E-state index in [0.29, 0.717) is 26.1 Å². The minimum Gasteiger partial charge on any atom is -0.489 e. The van der Waals surface area contributed by atoms with Crippen LogP contribution in [0.4, 0.5) is 0 Å². The van der Waals surface area contributed by atoms with Crippen LogP contribution in [0.3, 0.4) is 0 Å². The van der Waals surface area contributed by atoms with Gasteiger partial charge in [0.15, 0.2) is 0 Å². The van der Waals surface area contributed by atoms with Gasteiger partial charge in [0.05, 0.1) is 6.42 Å². The van der Waals surface area contributed by atoms with Crippen LogP contribution < -0.4 is 15.8 Å². The topological polar surface area (TPSA) is 64.3 Å². The minimum absolute atomic E-state index is 0. The van der Waals surface area contributed by atoms with Crippen molar-refractivity contribution in [2.75, 3.05) is 13.1 Å². The predicted octanol–water partition coefficient (Wildman–Crippen LogP) is 2.61. The maximum Gasteiger partial charge on any atom is 0.224 e. The minimum atomic E-state index is -0.0266. The average Bonchev–Trinajstić information content (AvgIpc) is 2.51. The van der Waals surface area contributed by atoms with E-state index in [1.807, 2.05) is 36.4 Å². The summed E-state index contributed by atoms with van der Waals surface area (Å²) in [5.41, 5.74) is 8.64. The molecule has 0 saturated heterocycles. The summed E-state index contributed by atoms with van der Waals surface area (Å²) in [5.74, 6) is 0.743. The van der Waals surface area contributed by atoms with Gasteiger partial charge in [0.25, 0.3) is 0 Å². The Morgan fingerprint density at radius 1 is 1.13 bits per heavy atom. The maximum absolute atomic E-state index is 11.7. The Morgan fingerprint density at radius 3 is 2.61 bits per heavy atom. The first-order chi connectivity index (χ1) is 10.7. The number of nitrogens with two attached hydrogens (primary N) is 1. The summed E-state index contributed by atoms with van der Waals surface area (Å²) in [6.07, 6.45) is 0.335. The standard InChI is InChI=1S/C18H22N2O2.ClH/c1-14-4-2-6-16(10-14)13-22-17-7-3-5-15(11-17)12-18(21)20-9-8-19;/h2-7,10-11H,8-9,12-13,19H2,1H3,(H,20,21);1H. The van der Waals surface area contributed by atoms with Gasteiger partial charge < -0.3 is 15.8 Å². The molecule has 0 unspecified atom stereocenters. The number of rotatable bonds is 7. The number of hydrogen-bond acceptors (Lipinski definition) is 3. The van der Waals surface area contributed by atoms with Gasteiger partial charge in [-0.05, 0) is 30.2 Å². The summed E-state index contributed by atoms with van der Waals surface area (Å²) in [5, 5.41) is 2.76. The van der Waals surface area contributed by atoms with E-state index in [1.165, 1.54) is 5.56 Å². The first kappa shape index (κ1) is 19.0. The summed E-state index contributed by atoms with van der Waals surface area (Å²) in [6.45, 7) is 3.53. The number of halogens is 1. The Hall–Kier alpha value is -2.04. The van der Waals surface area contributed by atoms with E-state index in [-0.39, 0.29) is 18.3 Å². The van der Waals surface area contributed by atoms with E-state index >= 15 is 0 Å². The quantitative estimate of drug-likeness (QED) is 0.818. The highest BCUT2D eigenvalue weighted by Gasteiger charge is 2.04. The summed E-state index contributed by atoms with van der Waals surface area (Å²) in [6, 6.07) is 15.8. The zero-order chi connectivity index (χ0) is 15.8. The number of carbonyl (C=O) groups excluding carboxylic acids is 1. The molecule has 0 bridgehead atoms. The van der Waals surface area contributed by atoms with Crippen LogP contribution in [-0.4, -0.2) is 19.0 Å². The number of aryl methyl sites for hydroxylation is 1. The summed E-state index contributed by atoms with van der Waals surface area (Å²) in [4.78, 5) is 11.7. The molecule has 0 spiro atoms. The molecule has 0 saturated carbocycles. The number of hydrogen-bond donors (Lipinski definition) is 2. The van der Waals surface area contributed by atoms with Crippen LogP contribution in [0.25, 0.3) is 0 Å². The predicted molar refractivity (Wildman–Crippen MR) is 95.0 cm³/mol. The molecule has 0 atom stereocenters. The number of amides is 1. The monoisotopic (exact) mass is 334 g/mol. The van der Waals surface area contributed by atoms with Crippen molar-refractivity contribution < 1.29 is 9.53 Å². The van der Waals surface area contributed by atoms with Crippen molar-refractivity contribution in [2.24, 2.45) is 5.73 Å². The highest BCUT2D eigenvalue weighted by atomic mass is 35.5. The Bertz CT molecular complexity index is 632. The smallest absolute Gasteiger partial charge is 0.224 e. The van der Waals surface area contributed by atoms with Crippen LogP contribution >= 0.6 is 12.4 Å². The zero-order valence-electron chi connectivity index (χ0n) is 13.2. The molecule has 2 aromatic rings. The second-order valence-electron chi connectivity index (χ2n) is 5.24. The van der Waals surface area contributed by atoms with Gasteiger partial charge in [-0.1, -0.05) is 42.0 Å². The second kappa shape index (κ2) is 9.87. The van der Waals surface area contributed by atoms with Crippen LogP contribution in [0.2, 0.25) is 0 Å². The Labute approximate surface area is 143 Å². The second-order valence-corrected chi connectivity index (χ2v) is 5.24. The van der Waals surface area contributed by atoms with Gasteiger partial charge in [0.2, 0.25) is 5.91 Å². The molecule has 1 amide bonds. The molecule has 0 aliphatic carbocycles. The Balaban J connectivity index is 0.00000264. The van der Waals surface area contributed by atoms with Crippen LogP contribution in [0.5, 0.6) is 5.75 Å². The molecule has 5 heteroatoms. The van der Waals surface area contributed by atoms with Crippen molar-refractivity contribution in [3.63, 3.8) is 0 Å². The van der Waals surface area contributed by atoms with Crippen LogP contribution in [0, 0.1) is 6.92 Å². The van der Waals surface area contributed by atoms with Gasteiger partial charge in [-0.2, -0.15) is 0 Å². The van der Waals surface area contributed by atoms with Crippen LogP contribution in [0.15, 0.2) is 48.5 Å². The van der Waals surface area contributed by atoms with Crippen molar-refractivity contribution in [3.05, 3.63) is 65.2 Å². The van der Waals surface area contributed by atoms with Crippen LogP contribution in [0.1, 0.15) is 16.7 Å². The molecule has 2 rings (SSSR count). The largest absolute Gasteiger partial charge is 0.489 e. The number of nitrogens with one attached hydrogen (secondary N) is 1. The number of ether oxygens (including phenoxy) is 1. The average molecular weight is 335 g/mol. The van der Waals surface area contributed by atoms with Crippen molar-refractivity contribution in [2.45, 2.75) is 20.0 Å². The molecule has 3 N–H and O–H groups in total. The number of carbonyl (C=O) groups is 1. The zero-order valence-corrected chi connectivity index (χ0v) is 14.1. The first-order valence-corrected chi connectivity index (χ1v) is 7.41. The highest BCUT2D eigenvalue weighted by Crippen LogP contribution is 2.16. The van der Waals surface area contributed by atoms with Gasteiger partial charge >= 0.3 is 0 Å². The molecule has 0 heterocycles. The van der Waals surface area contributed by atoms with Gasteiger partial charge in [0.1, 0.15) is 12.4 Å². The Kier molecular flexibility index (Phi) is 8.16. The third kappa shape index (κ3) is 6.72. The normalized spacial score (nSPS) is 9.83. The van der Waals surface area contributed by atoms with E-state index < -0.39 is 0 Å². The molecule has 0 fully saturated rings. The fraction of sp³-hybridized carbons (Fsp3) is 0.278. The van der Waals surface area contributed by atoms with E-state index in [4.69, 9.17) is 10.5 Å². The SMILES string of the molecule is Cc1cccc(COc2cccc(CC(=O)NCCN)c2)c1.Cl. The molecule has 0 aromatic heterocycles. The fourth-order valence-electron chi connectivity index (χ4n) is 2.17. The van der Waals surface area contributed by atoms with Gasteiger partial charge in [0, 0.05) is 13.1 Å². The van der Waals surface area contributed by atoms with Crippen molar-refractivity contribution >= 4 is 18.3 Å². The molecular formula is C18H23ClN2O2. The lowest BCUT2D eigenvalue weighted by Crippen LogP contribution is -2.30. The summed E-state index contributed by atoms with van der Waals surface area (Å²) < 4.78 is 5.80. The Morgan fingerprint density at radius 2 is 1.87 bits per heavy atom. The lowest BCUT2D eigenvalue weighted by Gasteiger charge is -2.09. The van der Waals surface area contributed by atoms with Gasteiger partial charge in [-0.3, -0.25) is 4.79 Å². The van der Waals surface area contributed by atoms with E-state index in [9.17, 15) is 4.79 Å². The molecule has 124 valence electrons. The van der Waals surface area contributed by atoms with Gasteiger partial charge in [-0.25, -0.2) is 0 Å². The molecule has 0 radical (unpaired) electrons. The molecule has 4 nitrogen and oxygen atoms in total. The molecule has 0 aliphatic heterocycles. The van der Waals surface area contributed by atoms with E-state index in [1.54, 1.807) is 0 Å². The third-order valence-corrected chi connectivity index (χ3v) is 3.22. The molecular weight excluding hydrogens is 312 g/mol. The fourth-order valence-corrected chi connectivity index (χ4v) is 2.17. The van der Waals surface area contributed by atoms with E-state index in [2.05, 4.69) is 24.4 Å². The summed E-state index contributed by atoms with van der Waals surface area (Å²) >= 11 is 0. The van der Waals surface area contributed by atoms with Crippen LogP contribution in [-0.2, 0) is 17.8 Å². The molecule has 23 heavy (non-hydrogen) atoms. The highest BCUT2D eigenvalue weighted by molar-refractivity contribution is 5.85. The number of benzene rings is 2. The lowest BCUT2D eigenvalue weighted by atomic mass is 10.1. The van der Waals surface area contributed by atoms with Crippen molar-refractivity contribution in [1.29, 1.82) is 0 Å². The third-order valence-electron chi connectivity index (χ3n) is 3.22. The van der Waals surface area contributed by atoms with E-state index in [0.717, 1.165) is 16.9 Å². The maximum atomic E-state index is 11.7. The van der Waals surface area contributed by atoms with Crippen molar-refractivity contribution in [1.82, 2.24) is 5.32 Å². The van der Waals surface area contributed by atoms with Gasteiger partial charge in [-0.15, -0.1) is 12.4 Å². The summed E-state index contributed by atoms with van der Waals surface area (Å²) in [7, 11) is 0. The molecule has 2 aromatic carbocycles. The molecule has 0 aliphatic rings. The first-order valence-electron chi connectivity index (χ1n) is 7.41. The van der Waals surface area contributed by atoms with Crippen molar-refractivity contribution in [3.8, 4) is 5.75 Å².